The predicted octanol–water partition coefficient (Wildman–Crippen LogP) is 4.94. The number of hydrogen-bond donors (Lipinski definition) is 2. The Hall–Kier alpha value is -2.77. The molecule has 1 saturated carbocycles. The minimum atomic E-state index is -4.46. The first-order valence-electron chi connectivity index (χ1n) is 11.2. The van der Waals surface area contributed by atoms with Crippen molar-refractivity contribution in [2.45, 2.75) is 63.7 Å². The third-order valence-corrected chi connectivity index (χ3v) is 6.37. The summed E-state index contributed by atoms with van der Waals surface area (Å²) >= 11 is 0. The second-order valence-electron chi connectivity index (χ2n) is 8.92. The van der Waals surface area contributed by atoms with Crippen molar-refractivity contribution in [3.63, 3.8) is 0 Å². The van der Waals surface area contributed by atoms with E-state index in [-0.39, 0.29) is 18.0 Å². The van der Waals surface area contributed by atoms with E-state index in [1.54, 1.807) is 13.0 Å². The molecule has 0 radical (unpaired) electrons. The second kappa shape index (κ2) is 9.00. The molecule has 0 spiro atoms. The lowest BCUT2D eigenvalue weighted by atomic mass is 9.90. The van der Waals surface area contributed by atoms with Crippen LogP contribution >= 0.6 is 0 Å². The van der Waals surface area contributed by atoms with Crippen LogP contribution in [0.5, 0.6) is 0 Å². The van der Waals surface area contributed by atoms with Gasteiger partial charge < -0.3 is 15.5 Å². The van der Waals surface area contributed by atoms with E-state index >= 15 is 0 Å². The lowest BCUT2D eigenvalue weighted by Crippen LogP contribution is -2.40. The van der Waals surface area contributed by atoms with Gasteiger partial charge in [0.05, 0.1) is 0 Å². The van der Waals surface area contributed by atoms with Crippen LogP contribution in [0, 0.1) is 6.92 Å². The van der Waals surface area contributed by atoms with Crippen molar-refractivity contribution < 1.29 is 18.0 Å². The number of aromatic nitrogens is 1. The number of fused-ring (bicyclic) bond motifs is 1. The summed E-state index contributed by atoms with van der Waals surface area (Å²) in [6.07, 6.45) is 0.748. The number of halogens is 3. The molecule has 1 fully saturated rings. The molecule has 1 aromatic heterocycles. The van der Waals surface area contributed by atoms with Gasteiger partial charge in [-0.1, -0.05) is 0 Å². The molecule has 2 N–H and O–H groups in total. The van der Waals surface area contributed by atoms with Gasteiger partial charge in [0.1, 0.15) is 5.69 Å². The molecule has 8 heteroatoms. The predicted molar refractivity (Wildman–Crippen MR) is 119 cm³/mol. The molecule has 2 aromatic rings. The SMILES string of the molecule is Cc1cc(N[C@H]2CC[C@@H](NC(=O)c3ccc4c(c3)CCCN4C)CC2)cc(C(F)(F)F)n1. The average Bonchev–Trinajstić information content (AvgIpc) is 2.74. The molecular weight excluding hydrogens is 417 g/mol. The number of nitrogens with one attached hydrogen (secondary N) is 2. The van der Waals surface area contributed by atoms with E-state index in [9.17, 15) is 18.0 Å². The third-order valence-electron chi connectivity index (χ3n) is 6.37. The number of nitrogens with zero attached hydrogens (tertiary/aromatic N) is 2. The van der Waals surface area contributed by atoms with Crippen molar-refractivity contribution in [2.24, 2.45) is 0 Å². The first-order chi connectivity index (χ1) is 15.2. The first kappa shape index (κ1) is 22.4. The van der Waals surface area contributed by atoms with Crippen molar-refractivity contribution in [1.29, 1.82) is 0 Å². The molecule has 0 atom stereocenters. The molecule has 32 heavy (non-hydrogen) atoms. The van der Waals surface area contributed by atoms with Gasteiger partial charge in [0, 0.05) is 48.3 Å². The summed E-state index contributed by atoms with van der Waals surface area (Å²) in [5.41, 5.74) is 2.99. The molecule has 0 bridgehead atoms. The Morgan fingerprint density at radius 2 is 1.81 bits per heavy atom. The molecule has 1 amide bonds. The van der Waals surface area contributed by atoms with Crippen molar-refractivity contribution in [3.05, 3.63) is 52.8 Å². The second-order valence-corrected chi connectivity index (χ2v) is 8.92. The molecule has 4 rings (SSSR count). The largest absolute Gasteiger partial charge is 0.433 e. The molecule has 1 aliphatic heterocycles. The summed E-state index contributed by atoms with van der Waals surface area (Å²) in [6, 6.07) is 8.75. The van der Waals surface area contributed by atoms with Gasteiger partial charge in [-0.2, -0.15) is 13.2 Å². The maximum Gasteiger partial charge on any atom is 0.433 e. The Morgan fingerprint density at radius 3 is 2.53 bits per heavy atom. The van der Waals surface area contributed by atoms with Gasteiger partial charge in [-0.25, -0.2) is 4.98 Å². The molecule has 5 nitrogen and oxygen atoms in total. The lowest BCUT2D eigenvalue weighted by Gasteiger charge is -2.31. The van der Waals surface area contributed by atoms with Crippen molar-refractivity contribution in [3.8, 4) is 0 Å². The Morgan fingerprint density at radius 1 is 1.09 bits per heavy atom. The fourth-order valence-corrected chi connectivity index (χ4v) is 4.71. The number of rotatable bonds is 4. The van der Waals surface area contributed by atoms with Crippen LogP contribution in [0.15, 0.2) is 30.3 Å². The van der Waals surface area contributed by atoms with Crippen molar-refractivity contribution >= 4 is 17.3 Å². The van der Waals surface area contributed by atoms with E-state index in [1.807, 2.05) is 18.2 Å². The lowest BCUT2D eigenvalue weighted by molar-refractivity contribution is -0.141. The maximum atomic E-state index is 13.0. The van der Waals surface area contributed by atoms with Crippen molar-refractivity contribution in [2.75, 3.05) is 23.8 Å². The average molecular weight is 447 g/mol. The fraction of sp³-hybridized carbons (Fsp3) is 0.500. The zero-order valence-electron chi connectivity index (χ0n) is 18.4. The van der Waals surface area contributed by atoms with E-state index in [1.165, 1.54) is 11.3 Å². The fourth-order valence-electron chi connectivity index (χ4n) is 4.71. The number of carbonyl (C=O) groups is 1. The molecule has 172 valence electrons. The highest BCUT2D eigenvalue weighted by atomic mass is 19.4. The number of alkyl halides is 3. The number of hydrogen-bond acceptors (Lipinski definition) is 4. The van der Waals surface area contributed by atoms with E-state index in [4.69, 9.17) is 0 Å². The van der Waals surface area contributed by atoms with Crippen LogP contribution < -0.4 is 15.5 Å². The monoisotopic (exact) mass is 446 g/mol. The smallest absolute Gasteiger partial charge is 0.382 e. The highest BCUT2D eigenvalue weighted by Crippen LogP contribution is 2.31. The first-order valence-corrected chi connectivity index (χ1v) is 11.2. The molecule has 2 heterocycles. The molecule has 0 unspecified atom stereocenters. The number of amides is 1. The van der Waals surface area contributed by atoms with Gasteiger partial charge in [-0.05, 0) is 81.3 Å². The molecular formula is C24H29F3N4O. The quantitative estimate of drug-likeness (QED) is 0.698. The summed E-state index contributed by atoms with van der Waals surface area (Å²) in [5, 5.41) is 6.36. The molecule has 1 aromatic carbocycles. The zero-order chi connectivity index (χ0) is 22.9. The summed E-state index contributed by atoms with van der Waals surface area (Å²) in [7, 11) is 2.07. The van der Waals surface area contributed by atoms with Crippen LogP contribution in [0.4, 0.5) is 24.5 Å². The summed E-state index contributed by atoms with van der Waals surface area (Å²) < 4.78 is 39.1. The summed E-state index contributed by atoms with van der Waals surface area (Å²) in [6.45, 7) is 2.60. The molecule has 1 aliphatic carbocycles. The summed E-state index contributed by atoms with van der Waals surface area (Å²) in [5.74, 6) is -0.0583. The number of benzene rings is 1. The van der Waals surface area contributed by atoms with Gasteiger partial charge in [-0.15, -0.1) is 0 Å². The maximum absolute atomic E-state index is 13.0. The number of anilines is 2. The number of carbonyl (C=O) groups excluding carboxylic acids is 1. The molecule has 2 aliphatic rings. The third kappa shape index (κ3) is 5.16. The van der Waals surface area contributed by atoms with E-state index in [0.29, 0.717) is 16.9 Å². The molecule has 0 saturated heterocycles. The topological polar surface area (TPSA) is 57.3 Å². The van der Waals surface area contributed by atoms with Gasteiger partial charge in [0.25, 0.3) is 5.91 Å². The van der Waals surface area contributed by atoms with Gasteiger partial charge in [0.2, 0.25) is 0 Å². The van der Waals surface area contributed by atoms with Crippen LogP contribution in [-0.2, 0) is 12.6 Å². The Kier molecular flexibility index (Phi) is 6.31. The Balaban J connectivity index is 1.32. The zero-order valence-corrected chi connectivity index (χ0v) is 18.4. The van der Waals surface area contributed by atoms with Gasteiger partial charge >= 0.3 is 6.18 Å². The Labute approximate surface area is 186 Å². The van der Waals surface area contributed by atoms with Gasteiger partial charge in [-0.3, -0.25) is 4.79 Å². The summed E-state index contributed by atoms with van der Waals surface area (Å²) in [4.78, 5) is 18.6. The Bertz CT molecular complexity index is 984. The normalized spacial score (nSPS) is 21.1. The minimum absolute atomic E-state index is 0.0583. The van der Waals surface area contributed by atoms with Crippen molar-refractivity contribution in [1.82, 2.24) is 10.3 Å². The highest BCUT2D eigenvalue weighted by molar-refractivity contribution is 5.95. The van der Waals surface area contributed by atoms with Crippen LogP contribution in [-0.4, -0.2) is 36.6 Å². The standard InChI is InChI=1S/C24H29F3N4O/c1-15-12-20(14-22(28-15)24(25,26)27)29-18-6-8-19(9-7-18)30-23(32)17-5-10-21-16(13-17)4-3-11-31(21)2/h5,10,12-14,18-19H,3-4,6-9,11H2,1-2H3,(H,28,29)(H,30,32)/t18-,19+. The highest BCUT2D eigenvalue weighted by Gasteiger charge is 2.33. The van der Waals surface area contributed by atoms with E-state index in [0.717, 1.165) is 51.1 Å². The van der Waals surface area contributed by atoms with Crippen LogP contribution in [0.3, 0.4) is 0 Å². The van der Waals surface area contributed by atoms with Gasteiger partial charge in [0.15, 0.2) is 0 Å². The van der Waals surface area contributed by atoms with Crippen LogP contribution in [0.1, 0.15) is 59.4 Å². The van der Waals surface area contributed by atoms with E-state index < -0.39 is 11.9 Å². The number of pyridine rings is 1. The van der Waals surface area contributed by atoms with Crippen LogP contribution in [0.2, 0.25) is 0 Å². The number of aryl methyl sites for hydroxylation is 2. The van der Waals surface area contributed by atoms with Crippen LogP contribution in [0.25, 0.3) is 0 Å². The van der Waals surface area contributed by atoms with E-state index in [2.05, 4.69) is 27.6 Å². The minimum Gasteiger partial charge on any atom is -0.382 e.